The van der Waals surface area contributed by atoms with Crippen LogP contribution in [0.2, 0.25) is 0 Å². The Labute approximate surface area is 383 Å². The van der Waals surface area contributed by atoms with Gasteiger partial charge in [-0.25, -0.2) is 0 Å². The van der Waals surface area contributed by atoms with Crippen molar-refractivity contribution in [2.24, 2.45) is 0 Å². The minimum absolute atomic E-state index is 0.212. The van der Waals surface area contributed by atoms with Gasteiger partial charge in [-0.1, -0.05) is 171 Å². The van der Waals surface area contributed by atoms with E-state index in [1.165, 1.54) is 83.5 Å². The first kappa shape index (κ1) is 58.4. The fourth-order valence-electron chi connectivity index (χ4n) is 7.34. The lowest BCUT2D eigenvalue weighted by Gasteiger charge is -2.39. The molecule has 1 aliphatic rings. The average molecular weight is 889 g/mol. The molecule has 10 heteroatoms. The first-order valence-electron chi connectivity index (χ1n) is 25.4. The number of rotatable bonds is 42. The summed E-state index contributed by atoms with van der Waals surface area (Å²) >= 11 is 0. The van der Waals surface area contributed by atoms with Crippen molar-refractivity contribution in [2.75, 3.05) is 19.8 Å². The van der Waals surface area contributed by atoms with Crippen LogP contribution in [0.4, 0.5) is 0 Å². The van der Waals surface area contributed by atoms with Crippen LogP contribution in [0.3, 0.4) is 0 Å². The molecule has 0 saturated carbocycles. The summed E-state index contributed by atoms with van der Waals surface area (Å²) in [7, 11) is 0. The van der Waals surface area contributed by atoms with E-state index in [2.05, 4.69) is 74.6 Å². The summed E-state index contributed by atoms with van der Waals surface area (Å²) in [5, 5.41) is 40.2. The first-order valence-corrected chi connectivity index (χ1v) is 25.4. The molecule has 0 spiro atoms. The third-order valence-electron chi connectivity index (χ3n) is 11.4. The van der Waals surface area contributed by atoms with E-state index in [0.717, 1.165) is 89.9 Å². The fraction of sp³-hybridized carbons (Fsp3) is 0.774. The molecule has 0 radical (unpaired) electrons. The number of aliphatic hydroxyl groups excluding tert-OH is 4. The quantitative estimate of drug-likeness (QED) is 0.0265. The SMILES string of the molecule is CCCCC/C=C\C/C=C\C/C=C\CCCCCCCCC(=O)OC(COC(=O)CCCCCCCCCCC/C=C\C/C=C\CCCCC)COC1OC(CO)C(O)C(O)C1O. The van der Waals surface area contributed by atoms with Crippen LogP contribution in [0, 0.1) is 0 Å². The molecule has 0 aromatic heterocycles. The number of esters is 2. The molecule has 1 aliphatic heterocycles. The molecule has 0 amide bonds. The van der Waals surface area contributed by atoms with Crippen molar-refractivity contribution < 1.29 is 49.0 Å². The molecule has 6 unspecified atom stereocenters. The number of unbranched alkanes of at least 4 members (excludes halogenated alkanes) is 21. The zero-order valence-electron chi connectivity index (χ0n) is 39.8. The van der Waals surface area contributed by atoms with E-state index in [-0.39, 0.29) is 32.0 Å². The lowest BCUT2D eigenvalue weighted by atomic mass is 9.99. The third kappa shape index (κ3) is 34.4. The number of ether oxygens (including phenoxy) is 4. The molecular weight excluding hydrogens is 797 g/mol. The standard InChI is InChI=1S/C53H92O10/c1-3-5-7-9-11-13-15-17-19-21-23-25-27-29-31-33-35-37-39-41-48(55)60-44-46(45-61-53-52(59)51(58)50(57)47(43-54)63-53)62-49(56)42-40-38-36-34-32-30-28-26-24-22-20-18-16-14-12-10-8-6-4-2/h11-14,17-20,24,26,46-47,50-54,57-59H,3-10,15-16,21-23,25,27-45H2,1-2H3/b13-11-,14-12-,19-17-,20-18-,26-24-. The van der Waals surface area contributed by atoms with Crippen LogP contribution < -0.4 is 0 Å². The van der Waals surface area contributed by atoms with Crippen molar-refractivity contribution in [2.45, 2.75) is 243 Å². The van der Waals surface area contributed by atoms with Crippen molar-refractivity contribution >= 4 is 11.9 Å². The highest BCUT2D eigenvalue weighted by Gasteiger charge is 2.44. The molecule has 364 valence electrons. The first-order chi connectivity index (χ1) is 30.8. The average Bonchev–Trinajstić information content (AvgIpc) is 3.28. The van der Waals surface area contributed by atoms with Crippen molar-refractivity contribution in [1.82, 2.24) is 0 Å². The van der Waals surface area contributed by atoms with Crippen LogP contribution in [0.25, 0.3) is 0 Å². The van der Waals surface area contributed by atoms with Gasteiger partial charge in [0.25, 0.3) is 0 Å². The molecule has 1 saturated heterocycles. The van der Waals surface area contributed by atoms with Crippen LogP contribution in [-0.2, 0) is 28.5 Å². The zero-order chi connectivity index (χ0) is 45.9. The summed E-state index contributed by atoms with van der Waals surface area (Å²) in [6.07, 6.45) is 46.4. The lowest BCUT2D eigenvalue weighted by molar-refractivity contribution is -0.305. The third-order valence-corrected chi connectivity index (χ3v) is 11.4. The van der Waals surface area contributed by atoms with Gasteiger partial charge in [0.2, 0.25) is 0 Å². The van der Waals surface area contributed by atoms with E-state index in [0.29, 0.717) is 6.42 Å². The maximum atomic E-state index is 12.8. The number of allylic oxidation sites excluding steroid dienone is 10. The molecule has 0 aromatic carbocycles. The molecule has 1 rings (SSSR count). The molecule has 0 aliphatic carbocycles. The second-order valence-electron chi connectivity index (χ2n) is 17.3. The minimum Gasteiger partial charge on any atom is -0.462 e. The minimum atomic E-state index is -1.60. The molecule has 63 heavy (non-hydrogen) atoms. The number of carbonyl (C=O) groups is 2. The van der Waals surface area contributed by atoms with Gasteiger partial charge in [-0.05, 0) is 83.5 Å². The highest BCUT2D eigenvalue weighted by molar-refractivity contribution is 5.70. The highest BCUT2D eigenvalue weighted by Crippen LogP contribution is 2.23. The van der Waals surface area contributed by atoms with Crippen molar-refractivity contribution in [1.29, 1.82) is 0 Å². The van der Waals surface area contributed by atoms with E-state index < -0.39 is 49.4 Å². The predicted octanol–water partition coefficient (Wildman–Crippen LogP) is 11.8. The zero-order valence-corrected chi connectivity index (χ0v) is 39.8. The topological polar surface area (TPSA) is 152 Å². The molecule has 4 N–H and O–H groups in total. The summed E-state index contributed by atoms with van der Waals surface area (Å²) in [4.78, 5) is 25.4. The number of carbonyl (C=O) groups excluding carboxylic acids is 2. The van der Waals surface area contributed by atoms with Crippen LogP contribution in [0.15, 0.2) is 60.8 Å². The Hall–Kier alpha value is -2.60. The lowest BCUT2D eigenvalue weighted by Crippen LogP contribution is -2.59. The van der Waals surface area contributed by atoms with E-state index in [4.69, 9.17) is 18.9 Å². The molecule has 1 fully saturated rings. The summed E-state index contributed by atoms with van der Waals surface area (Å²) in [6, 6.07) is 0. The van der Waals surface area contributed by atoms with E-state index >= 15 is 0 Å². The van der Waals surface area contributed by atoms with Crippen molar-refractivity contribution in [3.05, 3.63) is 60.8 Å². The highest BCUT2D eigenvalue weighted by atomic mass is 16.7. The maximum absolute atomic E-state index is 12.8. The molecule has 0 aromatic rings. The van der Waals surface area contributed by atoms with Gasteiger partial charge in [0, 0.05) is 12.8 Å². The molecule has 0 bridgehead atoms. The predicted molar refractivity (Wildman–Crippen MR) is 256 cm³/mol. The van der Waals surface area contributed by atoms with Crippen LogP contribution >= 0.6 is 0 Å². The number of hydrogen-bond donors (Lipinski definition) is 4. The van der Waals surface area contributed by atoms with Crippen LogP contribution in [0.1, 0.15) is 206 Å². The van der Waals surface area contributed by atoms with Crippen molar-refractivity contribution in [3.8, 4) is 0 Å². The van der Waals surface area contributed by atoms with Gasteiger partial charge >= 0.3 is 11.9 Å². The maximum Gasteiger partial charge on any atom is 0.306 e. The van der Waals surface area contributed by atoms with Gasteiger partial charge in [-0.3, -0.25) is 9.59 Å². The summed E-state index contributed by atoms with van der Waals surface area (Å²) in [5.41, 5.74) is 0. The molecular formula is C53H92O10. The van der Waals surface area contributed by atoms with Gasteiger partial charge in [0.1, 0.15) is 31.0 Å². The van der Waals surface area contributed by atoms with Gasteiger partial charge < -0.3 is 39.4 Å². The Morgan fingerprint density at radius 1 is 0.492 bits per heavy atom. The second-order valence-corrected chi connectivity index (χ2v) is 17.3. The van der Waals surface area contributed by atoms with Gasteiger partial charge in [-0.2, -0.15) is 0 Å². The Balaban J connectivity index is 2.29. The number of aliphatic hydroxyl groups is 4. The Bertz CT molecular complexity index is 1210. The Morgan fingerprint density at radius 3 is 1.33 bits per heavy atom. The second kappa shape index (κ2) is 43.3. The van der Waals surface area contributed by atoms with Gasteiger partial charge in [0.05, 0.1) is 13.2 Å². The van der Waals surface area contributed by atoms with Gasteiger partial charge in [0.15, 0.2) is 12.4 Å². The van der Waals surface area contributed by atoms with E-state index in [9.17, 15) is 30.0 Å². The van der Waals surface area contributed by atoms with Gasteiger partial charge in [-0.15, -0.1) is 0 Å². The van der Waals surface area contributed by atoms with Crippen LogP contribution in [0.5, 0.6) is 0 Å². The fourth-order valence-corrected chi connectivity index (χ4v) is 7.34. The smallest absolute Gasteiger partial charge is 0.306 e. The summed E-state index contributed by atoms with van der Waals surface area (Å²) < 4.78 is 22.2. The molecule has 1 heterocycles. The Kier molecular flexibility index (Phi) is 40.2. The summed E-state index contributed by atoms with van der Waals surface area (Å²) in [5.74, 6) is -0.825. The largest absolute Gasteiger partial charge is 0.462 e. The monoisotopic (exact) mass is 889 g/mol. The van der Waals surface area contributed by atoms with E-state index in [1.54, 1.807) is 0 Å². The van der Waals surface area contributed by atoms with E-state index in [1.807, 2.05) is 0 Å². The Morgan fingerprint density at radius 2 is 0.889 bits per heavy atom. The van der Waals surface area contributed by atoms with Crippen LogP contribution in [-0.4, -0.2) is 89.0 Å². The molecule has 6 atom stereocenters. The number of hydrogen-bond acceptors (Lipinski definition) is 10. The van der Waals surface area contributed by atoms with Crippen molar-refractivity contribution in [3.63, 3.8) is 0 Å². The summed E-state index contributed by atoms with van der Waals surface area (Å²) in [6.45, 7) is 3.36. The normalized spacial score (nSPS) is 20.0. The molecule has 10 nitrogen and oxygen atoms in total.